The van der Waals surface area contributed by atoms with Crippen LogP contribution in [0.3, 0.4) is 0 Å². The Kier molecular flexibility index (Phi) is 3.38. The minimum absolute atomic E-state index is 0.136. The molecule has 0 radical (unpaired) electrons. The van der Waals surface area contributed by atoms with E-state index in [1.807, 2.05) is 27.7 Å². The van der Waals surface area contributed by atoms with Gasteiger partial charge in [0.15, 0.2) is 0 Å². The summed E-state index contributed by atoms with van der Waals surface area (Å²) in [7, 11) is -0.519. The van der Waals surface area contributed by atoms with Gasteiger partial charge in [0.1, 0.15) is 11.6 Å². The van der Waals surface area contributed by atoms with Crippen molar-refractivity contribution in [1.82, 2.24) is 9.97 Å². The monoisotopic (exact) mass is 277 g/mol. The quantitative estimate of drug-likeness (QED) is 0.790. The van der Waals surface area contributed by atoms with Gasteiger partial charge in [0.05, 0.1) is 11.2 Å². The maximum Gasteiger partial charge on any atom is 0.500 e. The van der Waals surface area contributed by atoms with Gasteiger partial charge in [0.2, 0.25) is 0 Å². The predicted molar refractivity (Wildman–Crippen MR) is 80.9 cm³/mol. The number of nitrogens with two attached hydrogens (primary N) is 1. The fourth-order valence-electron chi connectivity index (χ4n) is 1.92. The van der Waals surface area contributed by atoms with E-state index < -0.39 is 18.3 Å². The Morgan fingerprint density at radius 2 is 1.60 bits per heavy atom. The van der Waals surface area contributed by atoms with Crippen molar-refractivity contribution in [3.8, 4) is 0 Å². The van der Waals surface area contributed by atoms with E-state index >= 15 is 0 Å². The zero-order valence-electron chi connectivity index (χ0n) is 13.4. The van der Waals surface area contributed by atoms with Crippen LogP contribution in [-0.2, 0) is 14.7 Å². The van der Waals surface area contributed by atoms with Crippen LogP contribution in [-0.4, -0.2) is 28.3 Å². The smallest absolute Gasteiger partial charge is 0.399 e. The molecular weight excluding hydrogens is 253 g/mol. The molecule has 2 N–H and O–H groups in total. The van der Waals surface area contributed by atoms with E-state index in [-0.39, 0.29) is 5.41 Å². The fourth-order valence-corrected chi connectivity index (χ4v) is 1.92. The van der Waals surface area contributed by atoms with Gasteiger partial charge in [0.25, 0.3) is 0 Å². The highest BCUT2D eigenvalue weighted by molar-refractivity contribution is 6.63. The Balaban J connectivity index is 2.33. The lowest BCUT2D eigenvalue weighted by atomic mass is 9.80. The van der Waals surface area contributed by atoms with Crippen molar-refractivity contribution in [2.45, 2.75) is 65.1 Å². The average Bonchev–Trinajstić information content (AvgIpc) is 2.46. The van der Waals surface area contributed by atoms with Crippen molar-refractivity contribution < 1.29 is 9.31 Å². The molecule has 0 aromatic carbocycles. The molecule has 0 atom stereocenters. The SMILES string of the molecule is CC(C)(C)c1ncc(B2OC(C)(C)C(C)(C)O2)c(N)n1. The standard InChI is InChI=1S/C14H24BN3O2/c1-12(2,3)11-17-8-9(10(16)18-11)15-19-13(4,5)14(6,7)20-15/h8H,1-7H3,(H2,16,17,18). The zero-order valence-corrected chi connectivity index (χ0v) is 13.4. The lowest BCUT2D eigenvalue weighted by Gasteiger charge is -2.32. The highest BCUT2D eigenvalue weighted by atomic mass is 16.7. The molecule has 0 aliphatic carbocycles. The van der Waals surface area contributed by atoms with Gasteiger partial charge in [-0.05, 0) is 27.7 Å². The summed E-state index contributed by atoms with van der Waals surface area (Å²) in [5.41, 5.74) is 5.83. The third-order valence-electron chi connectivity index (χ3n) is 4.03. The van der Waals surface area contributed by atoms with Gasteiger partial charge in [-0.1, -0.05) is 20.8 Å². The number of anilines is 1. The number of nitrogen functional groups attached to an aromatic ring is 1. The molecule has 0 amide bonds. The van der Waals surface area contributed by atoms with Crippen LogP contribution >= 0.6 is 0 Å². The molecule has 0 saturated carbocycles. The summed E-state index contributed by atoms with van der Waals surface area (Å²) in [6, 6.07) is 0. The molecule has 1 aromatic heterocycles. The topological polar surface area (TPSA) is 70.3 Å². The summed E-state index contributed by atoms with van der Waals surface area (Å²) < 4.78 is 11.9. The Morgan fingerprint density at radius 3 is 2.00 bits per heavy atom. The van der Waals surface area contributed by atoms with Crippen molar-refractivity contribution in [3.05, 3.63) is 12.0 Å². The number of nitrogens with zero attached hydrogens (tertiary/aromatic N) is 2. The normalized spacial score (nSPS) is 21.2. The molecule has 1 aromatic rings. The van der Waals surface area contributed by atoms with E-state index in [0.29, 0.717) is 11.3 Å². The predicted octanol–water partition coefficient (Wildman–Crippen LogP) is 1.66. The molecule has 1 saturated heterocycles. The van der Waals surface area contributed by atoms with Gasteiger partial charge in [-0.2, -0.15) is 0 Å². The van der Waals surface area contributed by atoms with Crippen molar-refractivity contribution in [2.75, 3.05) is 5.73 Å². The molecule has 110 valence electrons. The van der Waals surface area contributed by atoms with Gasteiger partial charge < -0.3 is 15.0 Å². The molecule has 20 heavy (non-hydrogen) atoms. The van der Waals surface area contributed by atoms with Crippen molar-refractivity contribution in [2.24, 2.45) is 0 Å². The van der Waals surface area contributed by atoms with Crippen LogP contribution in [0.2, 0.25) is 0 Å². The molecule has 1 aliphatic rings. The summed E-state index contributed by atoms with van der Waals surface area (Å²) in [6.07, 6.45) is 1.71. The van der Waals surface area contributed by atoms with Gasteiger partial charge in [0, 0.05) is 17.1 Å². The Morgan fingerprint density at radius 1 is 1.10 bits per heavy atom. The first kappa shape index (κ1) is 15.3. The van der Waals surface area contributed by atoms with Gasteiger partial charge in [-0.15, -0.1) is 0 Å². The van der Waals surface area contributed by atoms with E-state index in [4.69, 9.17) is 15.0 Å². The van der Waals surface area contributed by atoms with E-state index in [0.717, 1.165) is 5.82 Å². The third-order valence-corrected chi connectivity index (χ3v) is 4.03. The molecule has 0 spiro atoms. The summed E-state index contributed by atoms with van der Waals surface area (Å²) in [4.78, 5) is 8.79. The first-order valence-electron chi connectivity index (χ1n) is 6.92. The lowest BCUT2D eigenvalue weighted by molar-refractivity contribution is 0.00578. The van der Waals surface area contributed by atoms with E-state index in [1.165, 1.54) is 0 Å². The number of rotatable bonds is 1. The van der Waals surface area contributed by atoms with Crippen molar-refractivity contribution in [3.63, 3.8) is 0 Å². The van der Waals surface area contributed by atoms with Crippen LogP contribution in [0.5, 0.6) is 0 Å². The lowest BCUT2D eigenvalue weighted by Crippen LogP contribution is -2.41. The van der Waals surface area contributed by atoms with Crippen molar-refractivity contribution in [1.29, 1.82) is 0 Å². The first-order valence-corrected chi connectivity index (χ1v) is 6.92. The summed E-state index contributed by atoms with van der Waals surface area (Å²) in [5.74, 6) is 1.14. The largest absolute Gasteiger partial charge is 0.500 e. The molecule has 1 fully saturated rings. The minimum Gasteiger partial charge on any atom is -0.399 e. The maximum atomic E-state index is 6.06. The molecule has 5 nitrogen and oxygen atoms in total. The molecule has 0 bridgehead atoms. The van der Waals surface area contributed by atoms with Crippen LogP contribution in [0.25, 0.3) is 0 Å². The van der Waals surface area contributed by atoms with Crippen LogP contribution in [0.15, 0.2) is 6.20 Å². The molecule has 1 aliphatic heterocycles. The van der Waals surface area contributed by atoms with E-state index in [9.17, 15) is 0 Å². The Bertz CT molecular complexity index is 508. The summed E-state index contributed by atoms with van der Waals surface area (Å²) in [6.45, 7) is 14.2. The fraction of sp³-hybridized carbons (Fsp3) is 0.714. The van der Waals surface area contributed by atoms with Crippen LogP contribution in [0.1, 0.15) is 54.3 Å². The highest BCUT2D eigenvalue weighted by Crippen LogP contribution is 2.36. The molecule has 6 heteroatoms. The number of aromatic nitrogens is 2. The Hall–Kier alpha value is -1.14. The highest BCUT2D eigenvalue weighted by Gasteiger charge is 2.52. The Labute approximate surface area is 121 Å². The zero-order chi connectivity index (χ0) is 15.3. The minimum atomic E-state index is -0.519. The summed E-state index contributed by atoms with van der Waals surface area (Å²) >= 11 is 0. The second kappa shape index (κ2) is 4.43. The van der Waals surface area contributed by atoms with E-state index in [1.54, 1.807) is 6.20 Å². The maximum absolute atomic E-state index is 6.06. The van der Waals surface area contributed by atoms with Gasteiger partial charge in [-0.3, -0.25) is 0 Å². The van der Waals surface area contributed by atoms with Crippen LogP contribution in [0, 0.1) is 0 Å². The van der Waals surface area contributed by atoms with Crippen molar-refractivity contribution >= 4 is 18.4 Å². The molecule has 2 rings (SSSR count). The van der Waals surface area contributed by atoms with Gasteiger partial charge in [-0.25, -0.2) is 9.97 Å². The first-order chi connectivity index (χ1) is 8.94. The molecular formula is C14H24BN3O2. The summed E-state index contributed by atoms with van der Waals surface area (Å²) in [5, 5.41) is 0. The average molecular weight is 277 g/mol. The number of hydrogen-bond donors (Lipinski definition) is 1. The van der Waals surface area contributed by atoms with E-state index in [2.05, 4.69) is 30.7 Å². The van der Waals surface area contributed by atoms with Gasteiger partial charge >= 0.3 is 7.12 Å². The molecule has 2 heterocycles. The van der Waals surface area contributed by atoms with Crippen LogP contribution in [0.4, 0.5) is 5.82 Å². The second-order valence-corrected chi connectivity index (χ2v) is 7.37. The van der Waals surface area contributed by atoms with Crippen LogP contribution < -0.4 is 11.2 Å². The number of hydrogen-bond acceptors (Lipinski definition) is 5. The second-order valence-electron chi connectivity index (χ2n) is 7.37. The third kappa shape index (κ3) is 2.54. The molecule has 0 unspecified atom stereocenters.